The molecule has 118 valence electrons. The molecule has 1 aromatic heterocycles. The van der Waals surface area contributed by atoms with Gasteiger partial charge in [0.1, 0.15) is 17.2 Å². The van der Waals surface area contributed by atoms with Gasteiger partial charge >= 0.3 is 0 Å². The lowest BCUT2D eigenvalue weighted by atomic mass is 10.3. The van der Waals surface area contributed by atoms with Crippen molar-refractivity contribution in [2.45, 2.75) is 18.7 Å². The van der Waals surface area contributed by atoms with Crippen LogP contribution >= 0.6 is 0 Å². The molecular formula is C12H19N3O5S. The van der Waals surface area contributed by atoms with Crippen molar-refractivity contribution in [1.29, 1.82) is 0 Å². The van der Waals surface area contributed by atoms with Gasteiger partial charge in [0.2, 0.25) is 15.9 Å². The number of carbonyl (C=O) groups excluding carboxylic acids is 1. The largest absolute Gasteiger partial charge is 0.375 e. The molecular weight excluding hydrogens is 298 g/mol. The Morgan fingerprint density at radius 1 is 1.29 bits per heavy atom. The van der Waals surface area contributed by atoms with E-state index in [1.165, 1.54) is 11.4 Å². The first-order valence-corrected chi connectivity index (χ1v) is 8.01. The second-order valence-corrected chi connectivity index (χ2v) is 6.75. The summed E-state index contributed by atoms with van der Waals surface area (Å²) in [5.41, 5.74) is 0.352. The monoisotopic (exact) mass is 317 g/mol. The van der Waals surface area contributed by atoms with E-state index in [9.17, 15) is 13.2 Å². The maximum Gasteiger partial charge on any atom is 0.248 e. The minimum Gasteiger partial charge on any atom is -0.375 e. The van der Waals surface area contributed by atoms with Gasteiger partial charge in [-0.15, -0.1) is 0 Å². The molecule has 0 N–H and O–H groups in total. The molecule has 2 heterocycles. The number of carbonyl (C=O) groups is 1. The van der Waals surface area contributed by atoms with Crippen molar-refractivity contribution in [3.8, 4) is 0 Å². The van der Waals surface area contributed by atoms with E-state index >= 15 is 0 Å². The normalized spacial score (nSPS) is 17.2. The van der Waals surface area contributed by atoms with E-state index in [2.05, 4.69) is 5.16 Å². The summed E-state index contributed by atoms with van der Waals surface area (Å²) in [4.78, 5) is 13.4. The summed E-state index contributed by atoms with van der Waals surface area (Å²) in [6, 6.07) is 0. The number of aromatic nitrogens is 1. The molecule has 1 saturated heterocycles. The molecule has 8 nitrogen and oxygen atoms in total. The Morgan fingerprint density at radius 2 is 1.90 bits per heavy atom. The lowest BCUT2D eigenvalue weighted by molar-refractivity contribution is -0.136. The third-order valence-electron chi connectivity index (χ3n) is 3.42. The van der Waals surface area contributed by atoms with Crippen LogP contribution in [-0.4, -0.2) is 68.6 Å². The molecule has 1 fully saturated rings. The second-order valence-electron chi connectivity index (χ2n) is 4.87. The summed E-state index contributed by atoms with van der Waals surface area (Å²) in [5, 5.41) is 3.68. The van der Waals surface area contributed by atoms with E-state index in [4.69, 9.17) is 9.26 Å². The summed E-state index contributed by atoms with van der Waals surface area (Å²) in [7, 11) is -2.18. The van der Waals surface area contributed by atoms with E-state index in [1.807, 2.05) is 0 Å². The fourth-order valence-corrected chi connectivity index (χ4v) is 4.08. The Balaban J connectivity index is 2.10. The van der Waals surface area contributed by atoms with Crippen LogP contribution in [0.2, 0.25) is 0 Å². The van der Waals surface area contributed by atoms with Gasteiger partial charge in [0.05, 0.1) is 0 Å². The number of rotatable bonds is 4. The summed E-state index contributed by atoms with van der Waals surface area (Å²) in [6.07, 6.45) is 0. The number of amides is 1. The summed E-state index contributed by atoms with van der Waals surface area (Å²) in [5.74, 6) is 0.150. The van der Waals surface area contributed by atoms with Gasteiger partial charge < -0.3 is 14.2 Å². The van der Waals surface area contributed by atoms with Gasteiger partial charge in [-0.05, 0) is 13.8 Å². The lowest BCUT2D eigenvalue weighted by Gasteiger charge is -2.33. The maximum atomic E-state index is 12.6. The van der Waals surface area contributed by atoms with Crippen molar-refractivity contribution in [1.82, 2.24) is 14.4 Å². The number of methoxy groups -OCH3 is 1. The number of aryl methyl sites for hydroxylation is 2. The minimum atomic E-state index is -3.63. The van der Waals surface area contributed by atoms with Gasteiger partial charge in [0, 0.05) is 33.3 Å². The van der Waals surface area contributed by atoms with Crippen LogP contribution in [0.3, 0.4) is 0 Å². The highest BCUT2D eigenvalue weighted by atomic mass is 32.2. The average Bonchev–Trinajstić information content (AvgIpc) is 2.79. The SMILES string of the molecule is COCC(=O)N1CCN(S(=O)(=O)c2c(C)noc2C)CC1. The highest BCUT2D eigenvalue weighted by Crippen LogP contribution is 2.24. The Morgan fingerprint density at radius 3 is 2.38 bits per heavy atom. The third-order valence-corrected chi connectivity index (χ3v) is 5.57. The summed E-state index contributed by atoms with van der Waals surface area (Å²) in [6.45, 7) is 4.39. The van der Waals surface area contributed by atoms with Crippen LogP contribution in [-0.2, 0) is 19.6 Å². The Bertz CT molecular complexity index is 597. The van der Waals surface area contributed by atoms with Crippen molar-refractivity contribution in [2.24, 2.45) is 0 Å². The van der Waals surface area contributed by atoms with Crippen LogP contribution in [0, 0.1) is 13.8 Å². The number of piperazine rings is 1. The van der Waals surface area contributed by atoms with Crippen LogP contribution in [0.25, 0.3) is 0 Å². The zero-order valence-corrected chi connectivity index (χ0v) is 13.1. The molecule has 0 bridgehead atoms. The molecule has 0 aromatic carbocycles. The molecule has 0 aliphatic carbocycles. The predicted octanol–water partition coefficient (Wildman–Crippen LogP) is -0.229. The molecule has 0 spiro atoms. The Labute approximate surface area is 123 Å². The van der Waals surface area contributed by atoms with E-state index in [0.29, 0.717) is 18.8 Å². The van der Waals surface area contributed by atoms with Gasteiger partial charge in [-0.2, -0.15) is 4.31 Å². The first-order chi connectivity index (χ1) is 9.87. The second kappa shape index (κ2) is 6.12. The summed E-state index contributed by atoms with van der Waals surface area (Å²) >= 11 is 0. The van der Waals surface area contributed by atoms with Crippen molar-refractivity contribution in [3.63, 3.8) is 0 Å². The molecule has 0 saturated carbocycles. The van der Waals surface area contributed by atoms with Crippen LogP contribution in [0.15, 0.2) is 9.42 Å². The molecule has 1 aromatic rings. The standard InChI is InChI=1S/C12H19N3O5S/c1-9-12(10(2)20-13-9)21(17,18)15-6-4-14(5-7-15)11(16)8-19-3/h4-8H2,1-3H3. The van der Waals surface area contributed by atoms with Gasteiger partial charge in [-0.25, -0.2) is 8.42 Å². The van der Waals surface area contributed by atoms with E-state index in [-0.39, 0.29) is 36.3 Å². The van der Waals surface area contributed by atoms with Crippen LogP contribution in [0.4, 0.5) is 0 Å². The molecule has 1 aliphatic heterocycles. The van der Waals surface area contributed by atoms with Crippen LogP contribution in [0.1, 0.15) is 11.5 Å². The Kier molecular flexibility index (Phi) is 4.64. The first-order valence-electron chi connectivity index (χ1n) is 6.57. The number of nitrogens with zero attached hydrogens (tertiary/aromatic N) is 3. The first kappa shape index (κ1) is 15.9. The molecule has 0 unspecified atom stereocenters. The zero-order chi connectivity index (χ0) is 15.6. The van der Waals surface area contributed by atoms with Crippen LogP contribution in [0.5, 0.6) is 0 Å². The van der Waals surface area contributed by atoms with Gasteiger partial charge in [0.25, 0.3) is 0 Å². The average molecular weight is 317 g/mol. The van der Waals surface area contributed by atoms with Crippen LogP contribution < -0.4 is 0 Å². The fourth-order valence-electron chi connectivity index (χ4n) is 2.36. The van der Waals surface area contributed by atoms with E-state index < -0.39 is 10.0 Å². The fraction of sp³-hybridized carbons (Fsp3) is 0.667. The third kappa shape index (κ3) is 3.09. The van der Waals surface area contributed by atoms with Crippen molar-refractivity contribution >= 4 is 15.9 Å². The highest BCUT2D eigenvalue weighted by Gasteiger charge is 2.34. The highest BCUT2D eigenvalue weighted by molar-refractivity contribution is 7.89. The van der Waals surface area contributed by atoms with E-state index in [0.717, 1.165) is 0 Å². The van der Waals surface area contributed by atoms with Gasteiger partial charge in [0.15, 0.2) is 5.76 Å². The molecule has 0 atom stereocenters. The maximum absolute atomic E-state index is 12.6. The number of hydrogen-bond acceptors (Lipinski definition) is 6. The van der Waals surface area contributed by atoms with Gasteiger partial charge in [-0.3, -0.25) is 4.79 Å². The number of ether oxygens (including phenoxy) is 1. The zero-order valence-electron chi connectivity index (χ0n) is 12.3. The molecule has 2 rings (SSSR count). The van der Waals surface area contributed by atoms with Gasteiger partial charge in [-0.1, -0.05) is 5.16 Å². The van der Waals surface area contributed by atoms with Crippen molar-refractivity contribution in [2.75, 3.05) is 39.9 Å². The molecule has 0 radical (unpaired) electrons. The lowest BCUT2D eigenvalue weighted by Crippen LogP contribution is -2.51. The Hall–Kier alpha value is -1.45. The smallest absolute Gasteiger partial charge is 0.248 e. The predicted molar refractivity (Wildman–Crippen MR) is 73.2 cm³/mol. The van der Waals surface area contributed by atoms with Crippen molar-refractivity contribution < 1.29 is 22.5 Å². The number of sulfonamides is 1. The molecule has 1 aliphatic rings. The quantitative estimate of drug-likeness (QED) is 0.761. The molecule has 9 heteroatoms. The molecule has 21 heavy (non-hydrogen) atoms. The van der Waals surface area contributed by atoms with Crippen molar-refractivity contribution in [3.05, 3.63) is 11.5 Å². The summed E-state index contributed by atoms with van der Waals surface area (Å²) < 4.78 is 36.3. The minimum absolute atomic E-state index is 0.0105. The van der Waals surface area contributed by atoms with E-state index in [1.54, 1.807) is 18.7 Å². The topological polar surface area (TPSA) is 93.0 Å². The number of hydrogen-bond donors (Lipinski definition) is 0. The molecule has 1 amide bonds.